The highest BCUT2D eigenvalue weighted by molar-refractivity contribution is 5.25. The second kappa shape index (κ2) is 5.30. The van der Waals surface area contributed by atoms with Crippen molar-refractivity contribution in [3.8, 4) is 11.8 Å². The lowest BCUT2D eigenvalue weighted by atomic mass is 10.2. The van der Waals surface area contributed by atoms with Crippen molar-refractivity contribution in [2.24, 2.45) is 0 Å². The number of hydrogen-bond acceptors (Lipinski definition) is 4. The van der Waals surface area contributed by atoms with Crippen LogP contribution in [0.4, 0.5) is 0 Å². The summed E-state index contributed by atoms with van der Waals surface area (Å²) >= 11 is 0. The Bertz CT molecular complexity index is 486. The van der Waals surface area contributed by atoms with Crippen LogP contribution in [0.15, 0.2) is 36.5 Å². The van der Waals surface area contributed by atoms with E-state index in [2.05, 4.69) is 9.97 Å². The van der Waals surface area contributed by atoms with Gasteiger partial charge < -0.3 is 9.47 Å². The number of nitrogens with zero attached hydrogens (tertiary/aromatic N) is 2. The molecule has 0 bridgehead atoms. The van der Waals surface area contributed by atoms with E-state index in [0.717, 1.165) is 11.3 Å². The zero-order chi connectivity index (χ0) is 12.1. The first kappa shape index (κ1) is 11.4. The van der Waals surface area contributed by atoms with Gasteiger partial charge in [0.1, 0.15) is 6.61 Å². The van der Waals surface area contributed by atoms with Gasteiger partial charge >= 0.3 is 6.01 Å². The minimum absolute atomic E-state index is 0.356. The van der Waals surface area contributed by atoms with E-state index in [4.69, 9.17) is 9.47 Å². The van der Waals surface area contributed by atoms with Crippen LogP contribution in [0.2, 0.25) is 0 Å². The molecule has 0 unspecified atom stereocenters. The molecular weight excluding hydrogens is 216 g/mol. The van der Waals surface area contributed by atoms with Crippen LogP contribution in [-0.4, -0.2) is 17.1 Å². The van der Waals surface area contributed by atoms with Crippen molar-refractivity contribution in [3.63, 3.8) is 0 Å². The summed E-state index contributed by atoms with van der Waals surface area (Å²) in [5.74, 6) is 0.676. The predicted molar refractivity (Wildman–Crippen MR) is 64.1 cm³/mol. The van der Waals surface area contributed by atoms with E-state index in [1.807, 2.05) is 37.3 Å². The maximum absolute atomic E-state index is 5.64. The van der Waals surface area contributed by atoms with E-state index in [9.17, 15) is 0 Å². The van der Waals surface area contributed by atoms with Crippen molar-refractivity contribution >= 4 is 0 Å². The van der Waals surface area contributed by atoms with Gasteiger partial charge in [-0.05, 0) is 12.5 Å². The van der Waals surface area contributed by atoms with Gasteiger partial charge in [-0.3, -0.25) is 0 Å². The van der Waals surface area contributed by atoms with E-state index < -0.39 is 0 Å². The summed E-state index contributed by atoms with van der Waals surface area (Å²) in [4.78, 5) is 8.16. The van der Waals surface area contributed by atoms with Crippen molar-refractivity contribution in [1.82, 2.24) is 9.97 Å². The van der Waals surface area contributed by atoms with Crippen molar-refractivity contribution in [2.75, 3.05) is 7.11 Å². The number of rotatable bonds is 4. The highest BCUT2D eigenvalue weighted by Gasteiger charge is 2.04. The summed E-state index contributed by atoms with van der Waals surface area (Å²) in [7, 11) is 1.54. The van der Waals surface area contributed by atoms with Crippen LogP contribution in [-0.2, 0) is 6.61 Å². The fourth-order valence-electron chi connectivity index (χ4n) is 1.41. The molecule has 0 aliphatic rings. The summed E-state index contributed by atoms with van der Waals surface area (Å²) in [5.41, 5.74) is 1.88. The molecule has 0 aliphatic carbocycles. The molecule has 2 rings (SSSR count). The average Bonchev–Trinajstić information content (AvgIpc) is 2.38. The highest BCUT2D eigenvalue weighted by Crippen LogP contribution is 2.17. The molecule has 4 nitrogen and oxygen atoms in total. The molecule has 1 heterocycles. The molecule has 0 amide bonds. The number of methoxy groups -OCH3 is 1. The lowest BCUT2D eigenvalue weighted by Gasteiger charge is -2.08. The highest BCUT2D eigenvalue weighted by atomic mass is 16.5. The van der Waals surface area contributed by atoms with Crippen LogP contribution in [0.3, 0.4) is 0 Å². The van der Waals surface area contributed by atoms with Crippen LogP contribution in [0.1, 0.15) is 11.3 Å². The molecule has 17 heavy (non-hydrogen) atoms. The Balaban J connectivity index is 2.04. The van der Waals surface area contributed by atoms with Crippen LogP contribution in [0.25, 0.3) is 0 Å². The van der Waals surface area contributed by atoms with Crippen molar-refractivity contribution < 1.29 is 9.47 Å². The van der Waals surface area contributed by atoms with Gasteiger partial charge in [0.05, 0.1) is 19.0 Å². The number of aromatic nitrogens is 2. The van der Waals surface area contributed by atoms with E-state index in [1.165, 1.54) is 0 Å². The second-order valence-electron chi connectivity index (χ2n) is 3.58. The monoisotopic (exact) mass is 230 g/mol. The lowest BCUT2D eigenvalue weighted by Crippen LogP contribution is -2.00. The quantitative estimate of drug-likeness (QED) is 0.808. The molecule has 0 fully saturated rings. The molecular formula is C13H14N2O2. The third-order valence-electron chi connectivity index (χ3n) is 2.33. The third kappa shape index (κ3) is 2.93. The summed E-state index contributed by atoms with van der Waals surface area (Å²) in [5, 5.41) is 0. The number of aryl methyl sites for hydroxylation is 1. The molecule has 0 N–H and O–H groups in total. The molecule has 1 aromatic heterocycles. The van der Waals surface area contributed by atoms with E-state index in [-0.39, 0.29) is 0 Å². The molecule has 0 spiro atoms. The van der Waals surface area contributed by atoms with E-state index in [1.54, 1.807) is 13.3 Å². The molecule has 0 aliphatic heterocycles. The number of ether oxygens (including phenoxy) is 2. The zero-order valence-corrected chi connectivity index (χ0v) is 9.88. The fourth-order valence-corrected chi connectivity index (χ4v) is 1.41. The fraction of sp³-hybridized carbons (Fsp3) is 0.231. The predicted octanol–water partition coefficient (Wildman–Crippen LogP) is 2.37. The maximum Gasteiger partial charge on any atom is 0.316 e. The first-order valence-corrected chi connectivity index (χ1v) is 5.34. The second-order valence-corrected chi connectivity index (χ2v) is 3.58. The third-order valence-corrected chi connectivity index (χ3v) is 2.33. The molecule has 88 valence electrons. The van der Waals surface area contributed by atoms with Crippen LogP contribution in [0, 0.1) is 6.92 Å². The lowest BCUT2D eigenvalue weighted by molar-refractivity contribution is 0.297. The van der Waals surface area contributed by atoms with Gasteiger partial charge in [-0.2, -0.15) is 9.97 Å². The molecule has 4 heteroatoms. The van der Waals surface area contributed by atoms with Gasteiger partial charge in [-0.1, -0.05) is 30.3 Å². The Morgan fingerprint density at radius 2 is 1.94 bits per heavy atom. The van der Waals surface area contributed by atoms with Gasteiger partial charge in [-0.15, -0.1) is 0 Å². The Labute approximate surface area is 100 Å². The zero-order valence-electron chi connectivity index (χ0n) is 9.88. The largest absolute Gasteiger partial charge is 0.485 e. The van der Waals surface area contributed by atoms with E-state index >= 15 is 0 Å². The van der Waals surface area contributed by atoms with Gasteiger partial charge in [0.25, 0.3) is 0 Å². The standard InChI is InChI=1S/C13H14N2O2/c1-10-12(8-14-13(15-10)16-2)17-9-11-6-4-3-5-7-11/h3-8H,9H2,1-2H3. The summed E-state index contributed by atoms with van der Waals surface area (Å²) in [6.07, 6.45) is 1.63. The first-order chi connectivity index (χ1) is 8.29. The SMILES string of the molecule is COc1ncc(OCc2ccccc2)c(C)n1. The first-order valence-electron chi connectivity index (χ1n) is 5.34. The van der Waals surface area contributed by atoms with E-state index in [0.29, 0.717) is 18.4 Å². The van der Waals surface area contributed by atoms with Gasteiger partial charge in [0, 0.05) is 0 Å². The summed E-state index contributed by atoms with van der Waals surface area (Å²) in [6.45, 7) is 2.38. The molecule has 1 aromatic carbocycles. The number of hydrogen-bond donors (Lipinski definition) is 0. The Morgan fingerprint density at radius 1 is 1.18 bits per heavy atom. The molecule has 0 saturated heterocycles. The van der Waals surface area contributed by atoms with Crippen molar-refractivity contribution in [2.45, 2.75) is 13.5 Å². The number of benzene rings is 1. The van der Waals surface area contributed by atoms with Crippen LogP contribution in [0.5, 0.6) is 11.8 Å². The van der Waals surface area contributed by atoms with Gasteiger partial charge in [-0.25, -0.2) is 0 Å². The Hall–Kier alpha value is -2.10. The molecule has 0 saturated carbocycles. The minimum Gasteiger partial charge on any atom is -0.485 e. The van der Waals surface area contributed by atoms with Gasteiger partial charge in [0.15, 0.2) is 5.75 Å². The summed E-state index contributed by atoms with van der Waals surface area (Å²) < 4.78 is 10.6. The molecule has 2 aromatic rings. The van der Waals surface area contributed by atoms with Crippen molar-refractivity contribution in [1.29, 1.82) is 0 Å². The summed E-state index contributed by atoms with van der Waals surface area (Å²) in [6, 6.07) is 10.3. The topological polar surface area (TPSA) is 44.2 Å². The smallest absolute Gasteiger partial charge is 0.316 e. The molecule has 0 atom stereocenters. The van der Waals surface area contributed by atoms with Crippen LogP contribution < -0.4 is 9.47 Å². The normalized spacial score (nSPS) is 10.0. The molecule has 0 radical (unpaired) electrons. The van der Waals surface area contributed by atoms with Crippen LogP contribution >= 0.6 is 0 Å². The maximum atomic E-state index is 5.64. The van der Waals surface area contributed by atoms with Crippen molar-refractivity contribution in [3.05, 3.63) is 47.8 Å². The Kier molecular flexibility index (Phi) is 3.55. The average molecular weight is 230 g/mol. The Morgan fingerprint density at radius 3 is 2.59 bits per heavy atom. The van der Waals surface area contributed by atoms with Gasteiger partial charge in [0.2, 0.25) is 0 Å². The minimum atomic E-state index is 0.356.